The molecule has 41 heavy (non-hydrogen) atoms. The van der Waals surface area contributed by atoms with Crippen LogP contribution in [0.5, 0.6) is 0 Å². The number of rotatable bonds is 6. The van der Waals surface area contributed by atoms with Gasteiger partial charge in [-0.05, 0) is 48.0 Å². The maximum atomic E-state index is 12.7. The standard InChI is InChI=1S/C30H16ClN3O5S2/c31-22-8-4-3-7-20(22)29(37)32-17-10-11-23-26(15-17)41-30(33-23)40-25-12-9-16(14-24(25)34(38)39)13-21-27(35)18-5-1-2-6-19(18)28(21)36/h1-15H,(H,32,37). The van der Waals surface area contributed by atoms with Gasteiger partial charge in [-0.15, -0.1) is 11.3 Å². The number of hydrogen-bond acceptors (Lipinski definition) is 8. The second-order valence-corrected chi connectivity index (χ2v) is 11.7. The molecule has 0 bridgehead atoms. The van der Waals surface area contributed by atoms with Gasteiger partial charge >= 0.3 is 0 Å². The van der Waals surface area contributed by atoms with Crippen LogP contribution in [0.4, 0.5) is 11.4 Å². The number of carbonyl (C=O) groups excluding carboxylic acids is 3. The summed E-state index contributed by atoms with van der Waals surface area (Å²) in [5.74, 6) is -1.14. The highest BCUT2D eigenvalue weighted by Crippen LogP contribution is 2.40. The van der Waals surface area contributed by atoms with Gasteiger partial charge in [0.05, 0.1) is 36.2 Å². The molecule has 1 aromatic heterocycles. The summed E-state index contributed by atoms with van der Waals surface area (Å²) in [5.41, 5.74) is 2.41. The van der Waals surface area contributed by atoms with E-state index in [2.05, 4.69) is 10.3 Å². The van der Waals surface area contributed by atoms with Gasteiger partial charge < -0.3 is 5.32 Å². The molecule has 1 aliphatic carbocycles. The number of nitrogens with one attached hydrogen (secondary N) is 1. The van der Waals surface area contributed by atoms with Crippen molar-refractivity contribution in [1.29, 1.82) is 0 Å². The molecule has 200 valence electrons. The molecule has 1 aliphatic rings. The highest BCUT2D eigenvalue weighted by atomic mass is 35.5. The second kappa shape index (κ2) is 10.7. The van der Waals surface area contributed by atoms with Crippen molar-refractivity contribution in [3.05, 3.63) is 128 Å². The molecule has 0 saturated heterocycles. The molecule has 6 rings (SSSR count). The first-order valence-corrected chi connectivity index (χ1v) is 14.1. The van der Waals surface area contributed by atoms with Gasteiger partial charge in [0.15, 0.2) is 15.9 Å². The van der Waals surface area contributed by atoms with Crippen LogP contribution in [0, 0.1) is 10.1 Å². The number of fused-ring (bicyclic) bond motifs is 2. The molecule has 0 saturated carbocycles. The van der Waals surface area contributed by atoms with E-state index < -0.39 is 16.5 Å². The van der Waals surface area contributed by atoms with Crippen LogP contribution in [0.2, 0.25) is 5.02 Å². The third kappa shape index (κ3) is 5.16. The number of aromatic nitrogens is 1. The average Bonchev–Trinajstić information content (AvgIpc) is 3.47. The molecular weight excluding hydrogens is 582 g/mol. The highest BCUT2D eigenvalue weighted by molar-refractivity contribution is 8.01. The Bertz CT molecular complexity index is 1930. The minimum absolute atomic E-state index is 0.0236. The number of halogens is 1. The van der Waals surface area contributed by atoms with Gasteiger partial charge in [0.1, 0.15) is 0 Å². The normalized spacial score (nSPS) is 12.5. The zero-order chi connectivity index (χ0) is 28.7. The summed E-state index contributed by atoms with van der Waals surface area (Å²) in [6.07, 6.45) is 1.39. The Balaban J connectivity index is 1.25. The van der Waals surface area contributed by atoms with Crippen molar-refractivity contribution >= 4 is 79.8 Å². The van der Waals surface area contributed by atoms with Crippen molar-refractivity contribution in [2.45, 2.75) is 9.24 Å². The third-order valence-corrected chi connectivity index (χ3v) is 8.81. The molecule has 1 heterocycles. The van der Waals surface area contributed by atoms with Crippen LogP contribution < -0.4 is 5.32 Å². The zero-order valence-electron chi connectivity index (χ0n) is 20.8. The van der Waals surface area contributed by atoms with E-state index in [1.807, 2.05) is 0 Å². The van der Waals surface area contributed by atoms with Crippen molar-refractivity contribution in [2.75, 3.05) is 5.32 Å². The molecule has 0 fully saturated rings. The molecule has 4 aromatic carbocycles. The van der Waals surface area contributed by atoms with E-state index in [-0.39, 0.29) is 17.2 Å². The first kappa shape index (κ1) is 26.6. The van der Waals surface area contributed by atoms with Crippen LogP contribution in [0.15, 0.2) is 99.7 Å². The first-order valence-electron chi connectivity index (χ1n) is 12.1. The summed E-state index contributed by atoms with van der Waals surface area (Å²) >= 11 is 8.59. The van der Waals surface area contributed by atoms with Gasteiger partial charge in [-0.25, -0.2) is 4.98 Å². The predicted octanol–water partition coefficient (Wildman–Crippen LogP) is 7.72. The summed E-state index contributed by atoms with van der Waals surface area (Å²) in [5, 5.41) is 15.1. The van der Waals surface area contributed by atoms with E-state index in [1.54, 1.807) is 78.9 Å². The maximum Gasteiger partial charge on any atom is 0.283 e. The largest absolute Gasteiger partial charge is 0.322 e. The number of ketones is 2. The lowest BCUT2D eigenvalue weighted by Gasteiger charge is -2.06. The van der Waals surface area contributed by atoms with E-state index in [0.717, 1.165) is 16.5 Å². The summed E-state index contributed by atoms with van der Waals surface area (Å²) in [4.78, 5) is 54.5. The lowest BCUT2D eigenvalue weighted by atomic mass is 10.1. The summed E-state index contributed by atoms with van der Waals surface area (Å²) in [6, 6.07) is 23.1. The minimum Gasteiger partial charge on any atom is -0.322 e. The fourth-order valence-corrected chi connectivity index (χ4v) is 6.76. The van der Waals surface area contributed by atoms with E-state index in [4.69, 9.17) is 11.6 Å². The number of thiazole rings is 1. The van der Waals surface area contributed by atoms with E-state index in [9.17, 15) is 24.5 Å². The first-order chi connectivity index (χ1) is 19.8. The Hall–Kier alpha value is -4.64. The number of benzene rings is 4. The van der Waals surface area contributed by atoms with Gasteiger partial charge in [0.25, 0.3) is 11.6 Å². The van der Waals surface area contributed by atoms with Crippen molar-refractivity contribution in [1.82, 2.24) is 4.98 Å². The summed E-state index contributed by atoms with van der Waals surface area (Å²) in [7, 11) is 0. The monoisotopic (exact) mass is 597 g/mol. The Kier molecular flexibility index (Phi) is 6.96. The molecule has 0 aliphatic heterocycles. The van der Waals surface area contributed by atoms with E-state index in [1.165, 1.54) is 23.5 Å². The third-order valence-electron chi connectivity index (χ3n) is 6.34. The van der Waals surface area contributed by atoms with Crippen LogP contribution >= 0.6 is 34.7 Å². The molecule has 8 nitrogen and oxygen atoms in total. The molecule has 0 atom stereocenters. The number of nitrogens with zero attached hydrogens (tertiary/aromatic N) is 2. The minimum atomic E-state index is -0.507. The number of anilines is 1. The SMILES string of the molecule is O=C(Nc1ccc2nc(Sc3ccc(C=C4C(=O)c5ccccc5C4=O)cc3[N+](=O)[O-])sc2c1)c1ccccc1Cl. The molecule has 0 spiro atoms. The number of nitro groups is 1. The lowest BCUT2D eigenvalue weighted by molar-refractivity contribution is -0.387. The molecule has 11 heteroatoms. The van der Waals surface area contributed by atoms with Crippen molar-refractivity contribution in [3.63, 3.8) is 0 Å². The molecule has 1 N–H and O–H groups in total. The van der Waals surface area contributed by atoms with Gasteiger partial charge in [0, 0.05) is 22.9 Å². The molecule has 5 aromatic rings. The average molecular weight is 598 g/mol. The fourth-order valence-electron chi connectivity index (χ4n) is 4.39. The van der Waals surface area contributed by atoms with Crippen LogP contribution in [0.3, 0.4) is 0 Å². The highest BCUT2D eigenvalue weighted by Gasteiger charge is 2.32. The Morgan fingerprint density at radius 2 is 1.66 bits per heavy atom. The number of nitro benzene ring substituents is 1. The quantitative estimate of drug-likeness (QED) is 0.0920. The number of carbonyl (C=O) groups is 3. The smallest absolute Gasteiger partial charge is 0.283 e. The summed E-state index contributed by atoms with van der Waals surface area (Å²) in [6.45, 7) is 0. The van der Waals surface area contributed by atoms with Crippen molar-refractivity contribution in [3.8, 4) is 0 Å². The number of amides is 1. The molecule has 0 unspecified atom stereocenters. The van der Waals surface area contributed by atoms with Gasteiger partial charge in [-0.2, -0.15) is 0 Å². The molecule has 1 amide bonds. The van der Waals surface area contributed by atoms with Crippen LogP contribution in [-0.4, -0.2) is 27.4 Å². The predicted molar refractivity (Wildman–Crippen MR) is 159 cm³/mol. The maximum absolute atomic E-state index is 12.7. The van der Waals surface area contributed by atoms with Gasteiger partial charge in [-0.3, -0.25) is 24.5 Å². The number of Topliss-reactive ketones (excluding diaryl/α,β-unsaturated/α-hetero) is 2. The van der Waals surface area contributed by atoms with Crippen molar-refractivity contribution < 1.29 is 19.3 Å². The van der Waals surface area contributed by atoms with Crippen LogP contribution in [0.25, 0.3) is 16.3 Å². The van der Waals surface area contributed by atoms with Gasteiger partial charge in [0.2, 0.25) is 0 Å². The molecular formula is C30H16ClN3O5S2. The Labute approximate surface area is 245 Å². The second-order valence-electron chi connectivity index (χ2n) is 8.94. The fraction of sp³-hybridized carbons (Fsp3) is 0. The summed E-state index contributed by atoms with van der Waals surface area (Å²) < 4.78 is 1.35. The Morgan fingerprint density at radius 3 is 2.37 bits per heavy atom. The van der Waals surface area contributed by atoms with Crippen LogP contribution in [-0.2, 0) is 0 Å². The number of hydrogen-bond donors (Lipinski definition) is 1. The topological polar surface area (TPSA) is 119 Å². The van der Waals surface area contributed by atoms with E-state index >= 15 is 0 Å². The van der Waals surface area contributed by atoms with Crippen LogP contribution in [0.1, 0.15) is 36.6 Å². The van der Waals surface area contributed by atoms with E-state index in [0.29, 0.717) is 47.7 Å². The lowest BCUT2D eigenvalue weighted by Crippen LogP contribution is -2.12. The van der Waals surface area contributed by atoms with Crippen molar-refractivity contribution in [2.24, 2.45) is 0 Å². The Morgan fingerprint density at radius 1 is 0.951 bits per heavy atom. The number of allylic oxidation sites excluding steroid dienone is 1. The van der Waals surface area contributed by atoms with Gasteiger partial charge in [-0.1, -0.05) is 65.8 Å². The zero-order valence-corrected chi connectivity index (χ0v) is 23.2. The molecule has 0 radical (unpaired) electrons.